The van der Waals surface area contributed by atoms with E-state index in [-0.39, 0.29) is 0 Å². The van der Waals surface area contributed by atoms with Crippen molar-refractivity contribution < 1.29 is 4.74 Å². The van der Waals surface area contributed by atoms with Gasteiger partial charge in [0.05, 0.1) is 6.61 Å². The van der Waals surface area contributed by atoms with Crippen LogP contribution < -0.4 is 4.74 Å². The van der Waals surface area contributed by atoms with E-state index < -0.39 is 0 Å². The fourth-order valence-electron chi connectivity index (χ4n) is 1.87. The lowest BCUT2D eigenvalue weighted by atomic mass is 10.4. The summed E-state index contributed by atoms with van der Waals surface area (Å²) < 4.78 is 9.30. The van der Waals surface area contributed by atoms with Crippen LogP contribution in [0.4, 0.5) is 0 Å². The second kappa shape index (κ2) is 6.21. The van der Waals surface area contributed by atoms with Crippen LogP contribution in [0.1, 0.15) is 19.8 Å². The quantitative estimate of drug-likeness (QED) is 0.653. The van der Waals surface area contributed by atoms with Crippen molar-refractivity contribution in [2.75, 3.05) is 6.61 Å². The van der Waals surface area contributed by atoms with E-state index in [0.29, 0.717) is 24.5 Å². The van der Waals surface area contributed by atoms with E-state index in [2.05, 4.69) is 21.9 Å². The van der Waals surface area contributed by atoms with E-state index in [0.717, 1.165) is 12.8 Å². The summed E-state index contributed by atoms with van der Waals surface area (Å²) in [6.07, 6.45) is 9.62. The van der Waals surface area contributed by atoms with Crippen LogP contribution in [0.2, 0.25) is 0 Å². The zero-order valence-corrected chi connectivity index (χ0v) is 11.9. The monoisotopic (exact) mass is 283 g/mol. The van der Waals surface area contributed by atoms with Gasteiger partial charge < -0.3 is 4.74 Å². The highest BCUT2D eigenvalue weighted by molar-refractivity contribution is 5.24. The Labute approximate surface area is 123 Å². The SMILES string of the molecule is CCCCOc1nc(-n2cccc2)nc(-n2cccc2)n1. The minimum absolute atomic E-state index is 0.353. The Morgan fingerprint density at radius 1 is 0.857 bits per heavy atom. The van der Waals surface area contributed by atoms with E-state index in [9.17, 15) is 0 Å². The van der Waals surface area contributed by atoms with E-state index in [1.165, 1.54) is 0 Å². The molecular formula is C15H17N5O. The molecule has 0 aromatic carbocycles. The van der Waals surface area contributed by atoms with Gasteiger partial charge in [-0.2, -0.15) is 15.0 Å². The van der Waals surface area contributed by atoms with Gasteiger partial charge in [-0.25, -0.2) is 0 Å². The summed E-state index contributed by atoms with van der Waals surface area (Å²) in [5, 5.41) is 0. The van der Waals surface area contributed by atoms with Gasteiger partial charge in [-0.1, -0.05) is 13.3 Å². The number of nitrogens with zero attached hydrogens (tertiary/aromatic N) is 5. The highest BCUT2D eigenvalue weighted by Gasteiger charge is 2.09. The van der Waals surface area contributed by atoms with Gasteiger partial charge in [0.15, 0.2) is 0 Å². The van der Waals surface area contributed by atoms with Crippen LogP contribution in [-0.2, 0) is 0 Å². The Balaban J connectivity index is 1.96. The number of ether oxygens (including phenoxy) is 1. The summed E-state index contributed by atoms with van der Waals surface area (Å²) in [5.41, 5.74) is 0. The van der Waals surface area contributed by atoms with E-state index >= 15 is 0 Å². The molecule has 0 spiro atoms. The zero-order valence-electron chi connectivity index (χ0n) is 11.9. The van der Waals surface area contributed by atoms with Gasteiger partial charge in [0.2, 0.25) is 11.9 Å². The Morgan fingerprint density at radius 2 is 1.38 bits per heavy atom. The van der Waals surface area contributed by atoms with Crippen molar-refractivity contribution in [3.8, 4) is 17.9 Å². The molecule has 6 heteroatoms. The molecule has 0 radical (unpaired) electrons. The first kappa shape index (κ1) is 13.4. The molecule has 0 aliphatic carbocycles. The summed E-state index contributed by atoms with van der Waals surface area (Å²) in [5.74, 6) is 1.09. The second-order valence-electron chi connectivity index (χ2n) is 4.60. The third-order valence-electron chi connectivity index (χ3n) is 2.99. The lowest BCUT2D eigenvalue weighted by molar-refractivity contribution is 0.283. The molecule has 0 saturated carbocycles. The Hall–Kier alpha value is -2.63. The van der Waals surface area contributed by atoms with Crippen molar-refractivity contribution in [2.45, 2.75) is 19.8 Å². The number of hydrogen-bond donors (Lipinski definition) is 0. The first-order valence-corrected chi connectivity index (χ1v) is 7.02. The summed E-state index contributed by atoms with van der Waals surface area (Å²) in [7, 11) is 0. The molecule has 0 bridgehead atoms. The molecule has 0 aliphatic heterocycles. The van der Waals surface area contributed by atoms with Gasteiger partial charge in [-0.05, 0) is 30.7 Å². The molecular weight excluding hydrogens is 266 g/mol. The first-order valence-electron chi connectivity index (χ1n) is 7.02. The topological polar surface area (TPSA) is 57.8 Å². The first-order chi connectivity index (χ1) is 10.4. The molecule has 0 unspecified atom stereocenters. The third kappa shape index (κ3) is 3.10. The van der Waals surface area contributed by atoms with Crippen molar-refractivity contribution in [1.82, 2.24) is 24.1 Å². The summed E-state index contributed by atoms with van der Waals surface area (Å²) in [6, 6.07) is 8.06. The van der Waals surface area contributed by atoms with Crippen LogP contribution in [-0.4, -0.2) is 30.7 Å². The smallest absolute Gasteiger partial charge is 0.323 e. The maximum absolute atomic E-state index is 5.63. The predicted molar refractivity (Wildman–Crippen MR) is 78.9 cm³/mol. The van der Waals surface area contributed by atoms with Crippen molar-refractivity contribution >= 4 is 0 Å². The lowest BCUT2D eigenvalue weighted by Crippen LogP contribution is -2.10. The Bertz CT molecular complexity index is 624. The summed E-state index contributed by atoms with van der Waals surface area (Å²) in [6.45, 7) is 2.73. The molecule has 6 nitrogen and oxygen atoms in total. The average molecular weight is 283 g/mol. The molecule has 108 valence electrons. The molecule has 3 heterocycles. The van der Waals surface area contributed by atoms with Crippen LogP contribution in [0.5, 0.6) is 6.01 Å². The van der Waals surface area contributed by atoms with Crippen molar-refractivity contribution in [3.05, 3.63) is 49.1 Å². The third-order valence-corrected chi connectivity index (χ3v) is 2.99. The van der Waals surface area contributed by atoms with E-state index in [1.807, 2.05) is 58.2 Å². The van der Waals surface area contributed by atoms with Gasteiger partial charge in [-0.3, -0.25) is 9.13 Å². The summed E-state index contributed by atoms with van der Waals surface area (Å²) >= 11 is 0. The van der Waals surface area contributed by atoms with Crippen molar-refractivity contribution in [1.29, 1.82) is 0 Å². The predicted octanol–water partition coefficient (Wildman–Crippen LogP) is 2.63. The zero-order chi connectivity index (χ0) is 14.5. The largest absolute Gasteiger partial charge is 0.463 e. The fourth-order valence-corrected chi connectivity index (χ4v) is 1.87. The van der Waals surface area contributed by atoms with Gasteiger partial charge in [0, 0.05) is 24.8 Å². The molecule has 0 aliphatic rings. The highest BCUT2D eigenvalue weighted by atomic mass is 16.5. The lowest BCUT2D eigenvalue weighted by Gasteiger charge is -2.09. The molecule has 3 rings (SSSR count). The van der Waals surface area contributed by atoms with Gasteiger partial charge in [0.1, 0.15) is 0 Å². The van der Waals surface area contributed by atoms with Gasteiger partial charge >= 0.3 is 6.01 Å². The van der Waals surface area contributed by atoms with Crippen LogP contribution in [0.25, 0.3) is 11.9 Å². The van der Waals surface area contributed by atoms with Gasteiger partial charge in [-0.15, -0.1) is 0 Å². The Morgan fingerprint density at radius 3 is 1.86 bits per heavy atom. The average Bonchev–Trinajstić information content (AvgIpc) is 3.21. The number of hydrogen-bond acceptors (Lipinski definition) is 4. The van der Waals surface area contributed by atoms with Crippen LogP contribution in [0, 0.1) is 0 Å². The van der Waals surface area contributed by atoms with Crippen LogP contribution in [0.3, 0.4) is 0 Å². The normalized spacial score (nSPS) is 10.7. The Kier molecular flexibility index (Phi) is 3.95. The maximum atomic E-state index is 5.63. The number of aromatic nitrogens is 5. The van der Waals surface area contributed by atoms with E-state index in [4.69, 9.17) is 4.74 Å². The molecule has 0 saturated heterocycles. The second-order valence-corrected chi connectivity index (χ2v) is 4.60. The maximum Gasteiger partial charge on any atom is 0.323 e. The molecule has 0 fully saturated rings. The van der Waals surface area contributed by atoms with E-state index in [1.54, 1.807) is 0 Å². The molecule has 3 aromatic heterocycles. The fraction of sp³-hybridized carbons (Fsp3) is 0.267. The minimum Gasteiger partial charge on any atom is -0.463 e. The molecule has 0 amide bonds. The molecule has 21 heavy (non-hydrogen) atoms. The molecule has 0 atom stereocenters. The standard InChI is InChI=1S/C15H17N5O/c1-2-3-12-21-15-17-13(19-8-4-5-9-19)16-14(18-15)20-10-6-7-11-20/h4-11H,2-3,12H2,1H3. The molecule has 0 N–H and O–H groups in total. The van der Waals surface area contributed by atoms with Crippen LogP contribution in [0.15, 0.2) is 49.1 Å². The number of rotatable bonds is 6. The minimum atomic E-state index is 0.353. The van der Waals surface area contributed by atoms with Crippen molar-refractivity contribution in [2.24, 2.45) is 0 Å². The number of unbranched alkanes of at least 4 members (excludes halogenated alkanes) is 1. The summed E-state index contributed by atoms with van der Waals surface area (Å²) in [4.78, 5) is 13.2. The van der Waals surface area contributed by atoms with Gasteiger partial charge in [0.25, 0.3) is 0 Å². The van der Waals surface area contributed by atoms with Crippen LogP contribution >= 0.6 is 0 Å². The molecule has 3 aromatic rings. The van der Waals surface area contributed by atoms with Crippen molar-refractivity contribution in [3.63, 3.8) is 0 Å². The highest BCUT2D eigenvalue weighted by Crippen LogP contribution is 2.12.